The van der Waals surface area contributed by atoms with E-state index in [-0.39, 0.29) is 6.04 Å². The van der Waals surface area contributed by atoms with E-state index in [1.165, 1.54) is 12.8 Å². The molecule has 0 bridgehead atoms. The third-order valence-corrected chi connectivity index (χ3v) is 2.36. The van der Waals surface area contributed by atoms with Gasteiger partial charge in [0.15, 0.2) is 0 Å². The zero-order chi connectivity index (χ0) is 8.81. The average molecular weight is 172 g/mol. The maximum absolute atomic E-state index is 5.99. The molecule has 1 aliphatic heterocycles. The molecule has 0 saturated carbocycles. The van der Waals surface area contributed by atoms with E-state index in [1.54, 1.807) is 0 Å². The number of rotatable bonds is 4. The largest absolute Gasteiger partial charge is 0.378 e. The van der Waals surface area contributed by atoms with Crippen molar-refractivity contribution in [3.05, 3.63) is 0 Å². The second-order valence-electron chi connectivity index (χ2n) is 3.44. The standard InChI is InChI=1S/C9H20N2O/c1-2-3-4-8(10)9-7-12-6-5-11-9/h8-9,11H,2-7,10H2,1H3. The molecule has 2 atom stereocenters. The average Bonchev–Trinajstić information content (AvgIpc) is 2.15. The molecule has 12 heavy (non-hydrogen) atoms. The van der Waals surface area contributed by atoms with Gasteiger partial charge in [0.1, 0.15) is 0 Å². The van der Waals surface area contributed by atoms with Crippen molar-refractivity contribution in [2.75, 3.05) is 19.8 Å². The lowest BCUT2D eigenvalue weighted by atomic mass is 10.0. The molecule has 0 spiro atoms. The lowest BCUT2D eigenvalue weighted by Crippen LogP contribution is -2.52. The lowest BCUT2D eigenvalue weighted by molar-refractivity contribution is 0.0673. The van der Waals surface area contributed by atoms with Gasteiger partial charge in [0.25, 0.3) is 0 Å². The minimum atomic E-state index is 0.269. The number of morpholine rings is 1. The minimum absolute atomic E-state index is 0.269. The summed E-state index contributed by atoms with van der Waals surface area (Å²) < 4.78 is 5.34. The summed E-state index contributed by atoms with van der Waals surface area (Å²) in [5.74, 6) is 0. The summed E-state index contributed by atoms with van der Waals surface area (Å²) in [6, 6.07) is 0.649. The van der Waals surface area contributed by atoms with Gasteiger partial charge in [0, 0.05) is 18.6 Å². The van der Waals surface area contributed by atoms with Crippen LogP contribution in [0.4, 0.5) is 0 Å². The summed E-state index contributed by atoms with van der Waals surface area (Å²) in [5.41, 5.74) is 5.99. The highest BCUT2D eigenvalue weighted by Gasteiger charge is 2.19. The summed E-state index contributed by atoms with van der Waals surface area (Å²) in [6.07, 6.45) is 3.55. The van der Waals surface area contributed by atoms with Gasteiger partial charge in [0.05, 0.1) is 13.2 Å². The molecule has 1 rings (SSSR count). The number of nitrogens with two attached hydrogens (primary N) is 1. The molecule has 2 unspecified atom stereocenters. The monoisotopic (exact) mass is 172 g/mol. The summed E-state index contributed by atoms with van der Waals surface area (Å²) in [4.78, 5) is 0. The van der Waals surface area contributed by atoms with Crippen LogP contribution in [0.3, 0.4) is 0 Å². The van der Waals surface area contributed by atoms with Crippen molar-refractivity contribution < 1.29 is 4.74 Å². The molecule has 0 amide bonds. The fourth-order valence-corrected chi connectivity index (χ4v) is 1.50. The first kappa shape index (κ1) is 9.96. The van der Waals surface area contributed by atoms with E-state index in [9.17, 15) is 0 Å². The van der Waals surface area contributed by atoms with Crippen LogP contribution in [-0.4, -0.2) is 31.8 Å². The van der Waals surface area contributed by atoms with E-state index in [0.717, 1.165) is 26.2 Å². The van der Waals surface area contributed by atoms with Crippen LogP contribution in [0.15, 0.2) is 0 Å². The number of ether oxygens (including phenoxy) is 1. The highest BCUT2D eigenvalue weighted by atomic mass is 16.5. The number of hydrogen-bond donors (Lipinski definition) is 2. The van der Waals surface area contributed by atoms with Crippen LogP contribution in [0.1, 0.15) is 26.2 Å². The Labute approximate surface area is 74.7 Å². The molecule has 1 saturated heterocycles. The van der Waals surface area contributed by atoms with Gasteiger partial charge in [-0.05, 0) is 6.42 Å². The first-order chi connectivity index (χ1) is 5.84. The van der Waals surface area contributed by atoms with Crippen LogP contribution < -0.4 is 11.1 Å². The van der Waals surface area contributed by atoms with E-state index in [0.29, 0.717) is 6.04 Å². The van der Waals surface area contributed by atoms with E-state index >= 15 is 0 Å². The van der Waals surface area contributed by atoms with Gasteiger partial charge in [-0.1, -0.05) is 19.8 Å². The first-order valence-electron chi connectivity index (χ1n) is 4.91. The maximum Gasteiger partial charge on any atom is 0.0635 e. The van der Waals surface area contributed by atoms with Gasteiger partial charge in [-0.25, -0.2) is 0 Å². The Morgan fingerprint density at radius 2 is 2.50 bits per heavy atom. The van der Waals surface area contributed by atoms with Crippen molar-refractivity contribution in [2.24, 2.45) is 5.73 Å². The van der Waals surface area contributed by atoms with Crippen molar-refractivity contribution in [2.45, 2.75) is 38.3 Å². The Morgan fingerprint density at radius 1 is 1.67 bits per heavy atom. The predicted molar refractivity (Wildman–Crippen MR) is 50.1 cm³/mol. The quantitative estimate of drug-likeness (QED) is 0.649. The third-order valence-electron chi connectivity index (χ3n) is 2.36. The van der Waals surface area contributed by atoms with Crippen molar-refractivity contribution in [1.82, 2.24) is 5.32 Å². The molecule has 1 fully saturated rings. The highest BCUT2D eigenvalue weighted by Crippen LogP contribution is 2.05. The topological polar surface area (TPSA) is 47.3 Å². The van der Waals surface area contributed by atoms with Crippen LogP contribution in [-0.2, 0) is 4.74 Å². The van der Waals surface area contributed by atoms with Crippen molar-refractivity contribution in [3.8, 4) is 0 Å². The van der Waals surface area contributed by atoms with Crippen LogP contribution in [0.25, 0.3) is 0 Å². The number of unbranched alkanes of at least 4 members (excludes halogenated alkanes) is 1. The van der Waals surface area contributed by atoms with E-state index in [1.807, 2.05) is 0 Å². The van der Waals surface area contributed by atoms with Gasteiger partial charge in [-0.15, -0.1) is 0 Å². The summed E-state index contributed by atoms with van der Waals surface area (Å²) in [5, 5.41) is 3.38. The molecular formula is C9H20N2O. The number of nitrogens with one attached hydrogen (secondary N) is 1. The Balaban J connectivity index is 2.15. The fraction of sp³-hybridized carbons (Fsp3) is 1.00. The van der Waals surface area contributed by atoms with Crippen LogP contribution in [0, 0.1) is 0 Å². The molecule has 0 aromatic heterocycles. The lowest BCUT2D eigenvalue weighted by Gasteiger charge is -2.28. The molecule has 0 aromatic rings. The zero-order valence-corrected chi connectivity index (χ0v) is 7.88. The summed E-state index contributed by atoms with van der Waals surface area (Å²) in [6.45, 7) is 4.75. The molecule has 0 radical (unpaired) electrons. The normalized spacial score (nSPS) is 27.0. The Bertz CT molecular complexity index is 113. The summed E-state index contributed by atoms with van der Waals surface area (Å²) >= 11 is 0. The molecule has 3 N–H and O–H groups in total. The maximum atomic E-state index is 5.99. The van der Waals surface area contributed by atoms with Gasteiger partial charge in [-0.3, -0.25) is 0 Å². The molecule has 1 heterocycles. The summed E-state index contributed by atoms with van der Waals surface area (Å²) in [7, 11) is 0. The van der Waals surface area contributed by atoms with Crippen molar-refractivity contribution in [1.29, 1.82) is 0 Å². The molecule has 0 aromatic carbocycles. The van der Waals surface area contributed by atoms with Gasteiger partial charge in [0.2, 0.25) is 0 Å². The minimum Gasteiger partial charge on any atom is -0.378 e. The molecular weight excluding hydrogens is 152 g/mol. The number of hydrogen-bond acceptors (Lipinski definition) is 3. The fourth-order valence-electron chi connectivity index (χ4n) is 1.50. The Morgan fingerprint density at radius 3 is 3.08 bits per heavy atom. The van der Waals surface area contributed by atoms with E-state index in [4.69, 9.17) is 10.5 Å². The van der Waals surface area contributed by atoms with Crippen molar-refractivity contribution >= 4 is 0 Å². The van der Waals surface area contributed by atoms with Gasteiger partial charge >= 0.3 is 0 Å². The highest BCUT2D eigenvalue weighted by molar-refractivity contribution is 4.81. The smallest absolute Gasteiger partial charge is 0.0635 e. The second kappa shape index (κ2) is 5.51. The molecule has 0 aliphatic carbocycles. The van der Waals surface area contributed by atoms with Crippen LogP contribution >= 0.6 is 0 Å². The molecule has 1 aliphatic rings. The van der Waals surface area contributed by atoms with Crippen LogP contribution in [0.5, 0.6) is 0 Å². The predicted octanol–water partition coefficient (Wildman–Crippen LogP) is 0.492. The Hall–Kier alpha value is -0.120. The van der Waals surface area contributed by atoms with E-state index in [2.05, 4.69) is 12.2 Å². The zero-order valence-electron chi connectivity index (χ0n) is 7.88. The van der Waals surface area contributed by atoms with Gasteiger partial charge < -0.3 is 15.8 Å². The SMILES string of the molecule is CCCCC(N)C1COCCN1. The van der Waals surface area contributed by atoms with Crippen molar-refractivity contribution in [3.63, 3.8) is 0 Å². The van der Waals surface area contributed by atoms with Crippen LogP contribution in [0.2, 0.25) is 0 Å². The third kappa shape index (κ3) is 3.09. The second-order valence-corrected chi connectivity index (χ2v) is 3.44. The first-order valence-corrected chi connectivity index (χ1v) is 4.91. The van der Waals surface area contributed by atoms with E-state index < -0.39 is 0 Å². The molecule has 3 heteroatoms. The Kier molecular flexibility index (Phi) is 4.58. The molecule has 72 valence electrons. The van der Waals surface area contributed by atoms with Gasteiger partial charge in [-0.2, -0.15) is 0 Å². The molecule has 3 nitrogen and oxygen atoms in total.